The molecule has 3 rings (SSSR count). The van der Waals surface area contributed by atoms with Crippen molar-refractivity contribution in [3.05, 3.63) is 16.8 Å². The van der Waals surface area contributed by atoms with E-state index in [2.05, 4.69) is 25.3 Å². The highest BCUT2D eigenvalue weighted by atomic mass is 32.1. The third-order valence-electron chi connectivity index (χ3n) is 3.38. The van der Waals surface area contributed by atoms with Gasteiger partial charge in [0.1, 0.15) is 5.01 Å². The van der Waals surface area contributed by atoms with Crippen molar-refractivity contribution in [3.8, 4) is 0 Å². The van der Waals surface area contributed by atoms with Gasteiger partial charge >= 0.3 is 0 Å². The first-order valence-electron chi connectivity index (χ1n) is 6.45. The Hall–Kier alpha value is -1.16. The van der Waals surface area contributed by atoms with Gasteiger partial charge in [0, 0.05) is 12.0 Å². The van der Waals surface area contributed by atoms with E-state index < -0.39 is 0 Å². The van der Waals surface area contributed by atoms with Crippen LogP contribution in [0.1, 0.15) is 49.1 Å². The summed E-state index contributed by atoms with van der Waals surface area (Å²) < 4.78 is 3.24. The van der Waals surface area contributed by atoms with E-state index in [9.17, 15) is 4.79 Å². The first-order chi connectivity index (χ1) is 8.49. The topological polar surface area (TPSA) is 34.9 Å². The molecule has 2 aromatic rings. The van der Waals surface area contributed by atoms with E-state index in [1.54, 1.807) is 11.3 Å². The molecular weight excluding hydrogens is 244 g/mol. The zero-order chi connectivity index (χ0) is 12.9. The molecule has 0 spiro atoms. The van der Waals surface area contributed by atoms with Crippen LogP contribution >= 0.6 is 11.3 Å². The van der Waals surface area contributed by atoms with Crippen LogP contribution < -0.4 is 0 Å². The number of aldehydes is 1. The lowest BCUT2D eigenvalue weighted by Gasteiger charge is -2.13. The quantitative estimate of drug-likeness (QED) is 0.792. The Morgan fingerprint density at radius 3 is 2.78 bits per heavy atom. The van der Waals surface area contributed by atoms with Crippen molar-refractivity contribution < 1.29 is 4.79 Å². The molecule has 1 aliphatic carbocycles. The molecule has 0 saturated heterocycles. The van der Waals surface area contributed by atoms with Crippen LogP contribution in [0.4, 0.5) is 0 Å². The molecule has 0 N–H and O–H groups in total. The maximum Gasteiger partial charge on any atom is 0.166 e. The first-order valence-corrected chi connectivity index (χ1v) is 7.26. The highest BCUT2D eigenvalue weighted by molar-refractivity contribution is 7.18. The van der Waals surface area contributed by atoms with Crippen molar-refractivity contribution >= 4 is 28.0 Å². The third-order valence-corrected chi connectivity index (χ3v) is 4.80. The second-order valence-corrected chi connectivity index (χ2v) is 7.23. The maximum absolute atomic E-state index is 11.1. The number of hydrogen-bond acceptors (Lipinski definition) is 3. The number of aromatic nitrogens is 2. The van der Waals surface area contributed by atoms with Gasteiger partial charge in [-0.2, -0.15) is 0 Å². The van der Waals surface area contributed by atoms with Gasteiger partial charge in [-0.1, -0.05) is 20.8 Å². The number of carbonyl (C=O) groups excluding carboxylic acids is 1. The molecule has 0 unspecified atom stereocenters. The molecule has 18 heavy (non-hydrogen) atoms. The second kappa shape index (κ2) is 3.92. The number of hydrogen-bond donors (Lipinski definition) is 0. The van der Waals surface area contributed by atoms with E-state index in [4.69, 9.17) is 4.98 Å². The average Bonchev–Trinajstić information content (AvgIpc) is 2.89. The maximum atomic E-state index is 11.1. The Labute approximate surface area is 111 Å². The van der Waals surface area contributed by atoms with Gasteiger partial charge in [-0.25, -0.2) is 4.98 Å². The van der Waals surface area contributed by atoms with Gasteiger partial charge in [0.05, 0.1) is 10.4 Å². The summed E-state index contributed by atoms with van der Waals surface area (Å²) >= 11 is 1.71. The Balaban J connectivity index is 2.10. The van der Waals surface area contributed by atoms with Gasteiger partial charge in [0.15, 0.2) is 11.9 Å². The lowest BCUT2D eigenvalue weighted by atomic mass is 9.98. The lowest BCUT2D eigenvalue weighted by Crippen LogP contribution is -2.11. The third kappa shape index (κ3) is 1.99. The van der Waals surface area contributed by atoms with Gasteiger partial charge in [0.25, 0.3) is 0 Å². The smallest absolute Gasteiger partial charge is 0.166 e. The Kier molecular flexibility index (Phi) is 2.59. The molecule has 2 aromatic heterocycles. The van der Waals surface area contributed by atoms with Crippen molar-refractivity contribution in [1.82, 2.24) is 9.55 Å². The minimum atomic E-state index is 0.0788. The molecule has 4 heteroatoms. The van der Waals surface area contributed by atoms with E-state index in [0.29, 0.717) is 0 Å². The van der Waals surface area contributed by atoms with Crippen LogP contribution in [-0.4, -0.2) is 15.8 Å². The summed E-state index contributed by atoms with van der Waals surface area (Å²) in [5, 5.41) is 1.15. The SMILES string of the molecule is CC(C)(C)c1nc2c(cc(C=O)n2CC2CC2)s1. The normalized spacial score (nSPS) is 16.4. The zero-order valence-corrected chi connectivity index (χ0v) is 11.9. The first kappa shape index (κ1) is 11.9. The molecule has 1 aliphatic rings. The zero-order valence-electron chi connectivity index (χ0n) is 11.1. The van der Waals surface area contributed by atoms with Gasteiger partial charge < -0.3 is 4.57 Å². The number of fused-ring (bicyclic) bond motifs is 1. The molecule has 0 aromatic carbocycles. The number of nitrogens with zero attached hydrogens (tertiary/aromatic N) is 2. The molecule has 0 amide bonds. The summed E-state index contributed by atoms with van der Waals surface area (Å²) in [4.78, 5) is 15.9. The monoisotopic (exact) mass is 262 g/mol. The molecule has 2 heterocycles. The van der Waals surface area contributed by atoms with Crippen molar-refractivity contribution in [2.75, 3.05) is 0 Å². The second-order valence-electron chi connectivity index (χ2n) is 6.20. The number of carbonyl (C=O) groups is 1. The lowest BCUT2D eigenvalue weighted by molar-refractivity contribution is 0.111. The van der Waals surface area contributed by atoms with Crippen molar-refractivity contribution in [1.29, 1.82) is 0 Å². The predicted molar refractivity (Wildman–Crippen MR) is 74.4 cm³/mol. The van der Waals surface area contributed by atoms with E-state index in [1.165, 1.54) is 12.8 Å². The molecule has 0 bridgehead atoms. The predicted octanol–water partition coefficient (Wildman–Crippen LogP) is 3.62. The largest absolute Gasteiger partial charge is 0.322 e. The van der Waals surface area contributed by atoms with Crippen LogP contribution in [0, 0.1) is 5.92 Å². The summed E-state index contributed by atoms with van der Waals surface area (Å²) in [5.41, 5.74) is 1.85. The number of rotatable bonds is 3. The van der Waals surface area contributed by atoms with E-state index in [-0.39, 0.29) is 5.41 Å². The van der Waals surface area contributed by atoms with Crippen LogP contribution in [0.2, 0.25) is 0 Å². The Morgan fingerprint density at radius 1 is 1.50 bits per heavy atom. The van der Waals surface area contributed by atoms with Crippen LogP contribution in [0.25, 0.3) is 10.3 Å². The standard InChI is InChI=1S/C14H18N2OS/c1-14(2,3)13-15-12-11(18-13)6-10(8-17)16(12)7-9-4-5-9/h6,8-9H,4-5,7H2,1-3H3. The van der Waals surface area contributed by atoms with Crippen LogP contribution in [0.3, 0.4) is 0 Å². The van der Waals surface area contributed by atoms with Crippen LogP contribution in [-0.2, 0) is 12.0 Å². The van der Waals surface area contributed by atoms with Gasteiger partial charge in [-0.05, 0) is 24.8 Å². The van der Waals surface area contributed by atoms with Crippen LogP contribution in [0.15, 0.2) is 6.07 Å². The van der Waals surface area contributed by atoms with Crippen molar-refractivity contribution in [2.24, 2.45) is 5.92 Å². The molecule has 0 atom stereocenters. The minimum Gasteiger partial charge on any atom is -0.322 e. The summed E-state index contributed by atoms with van der Waals surface area (Å²) in [7, 11) is 0. The van der Waals surface area contributed by atoms with Crippen molar-refractivity contribution in [3.63, 3.8) is 0 Å². The Morgan fingerprint density at radius 2 is 2.22 bits per heavy atom. The molecule has 96 valence electrons. The molecular formula is C14H18N2OS. The summed E-state index contributed by atoms with van der Waals surface area (Å²) in [6.07, 6.45) is 3.52. The minimum absolute atomic E-state index is 0.0788. The molecule has 1 fully saturated rings. The van der Waals surface area contributed by atoms with Gasteiger partial charge in [-0.15, -0.1) is 11.3 Å². The molecule has 1 saturated carbocycles. The summed E-state index contributed by atoms with van der Waals surface area (Å²) in [6, 6.07) is 1.98. The fraction of sp³-hybridized carbons (Fsp3) is 0.571. The van der Waals surface area contributed by atoms with E-state index in [0.717, 1.165) is 39.8 Å². The summed E-state index contributed by atoms with van der Waals surface area (Å²) in [6.45, 7) is 7.48. The molecule has 3 nitrogen and oxygen atoms in total. The Bertz CT molecular complexity index is 599. The molecule has 0 aliphatic heterocycles. The fourth-order valence-corrected chi connectivity index (χ4v) is 3.19. The van der Waals surface area contributed by atoms with Crippen molar-refractivity contribution in [2.45, 2.75) is 45.6 Å². The van der Waals surface area contributed by atoms with Crippen LogP contribution in [0.5, 0.6) is 0 Å². The molecule has 0 radical (unpaired) electrons. The van der Waals surface area contributed by atoms with Gasteiger partial charge in [0.2, 0.25) is 0 Å². The number of thiazole rings is 1. The van der Waals surface area contributed by atoms with Gasteiger partial charge in [-0.3, -0.25) is 4.79 Å². The van der Waals surface area contributed by atoms with E-state index in [1.807, 2.05) is 6.07 Å². The highest BCUT2D eigenvalue weighted by Gasteiger charge is 2.26. The van der Waals surface area contributed by atoms with E-state index >= 15 is 0 Å². The fourth-order valence-electron chi connectivity index (χ4n) is 2.11. The highest BCUT2D eigenvalue weighted by Crippen LogP contribution is 2.36. The average molecular weight is 262 g/mol. The summed E-state index contributed by atoms with van der Waals surface area (Å²) in [5.74, 6) is 0.749.